The molecule has 0 saturated carbocycles. The van der Waals surface area contributed by atoms with E-state index in [1.54, 1.807) is 4.90 Å². The maximum absolute atomic E-state index is 12.7. The van der Waals surface area contributed by atoms with Gasteiger partial charge in [0.05, 0.1) is 17.0 Å². The zero-order valence-electron chi connectivity index (χ0n) is 27.1. The number of piperazine rings is 2. The fourth-order valence-corrected chi connectivity index (χ4v) is 7.92. The summed E-state index contributed by atoms with van der Waals surface area (Å²) in [6.07, 6.45) is 2.36. The predicted octanol–water partition coefficient (Wildman–Crippen LogP) is 5.17. The predicted molar refractivity (Wildman–Crippen MR) is 176 cm³/mol. The third kappa shape index (κ3) is 6.05. The average Bonchev–Trinajstić information content (AvgIpc) is 3.62. The van der Waals surface area contributed by atoms with Gasteiger partial charge in [0.1, 0.15) is 17.1 Å². The topological polar surface area (TPSA) is 121 Å². The van der Waals surface area contributed by atoms with E-state index in [4.69, 9.17) is 31.5 Å². The Hall–Kier alpha value is -3.89. The molecule has 240 valence electrons. The van der Waals surface area contributed by atoms with Crippen LogP contribution in [0.4, 0.5) is 27.0 Å². The molecule has 0 radical (unpaired) electrons. The Morgan fingerprint density at radius 3 is 2.62 bits per heavy atom. The van der Waals surface area contributed by atoms with Gasteiger partial charge in [-0.25, -0.2) is 14.6 Å². The van der Waals surface area contributed by atoms with Crippen molar-refractivity contribution < 1.29 is 14.1 Å². The van der Waals surface area contributed by atoms with Gasteiger partial charge in [0, 0.05) is 63.6 Å². The lowest BCUT2D eigenvalue weighted by Crippen LogP contribution is -2.51. The molecule has 3 aromatic rings. The number of aryl methyl sites for hydroxylation is 1. The van der Waals surface area contributed by atoms with Gasteiger partial charge in [-0.15, -0.1) is 11.3 Å². The number of carbonyl (C=O) groups excluding carboxylic acids is 1. The summed E-state index contributed by atoms with van der Waals surface area (Å²) in [7, 11) is 2.14. The van der Waals surface area contributed by atoms with Gasteiger partial charge in [-0.2, -0.15) is 4.98 Å². The van der Waals surface area contributed by atoms with Crippen LogP contribution >= 0.6 is 11.3 Å². The summed E-state index contributed by atoms with van der Waals surface area (Å²) in [6, 6.07) is 4.43. The Bertz CT molecular complexity index is 1610. The smallest absolute Gasteiger partial charge is 0.410 e. The van der Waals surface area contributed by atoms with Gasteiger partial charge in [0.15, 0.2) is 0 Å². The molecule has 1 unspecified atom stereocenters. The van der Waals surface area contributed by atoms with Crippen molar-refractivity contribution in [2.24, 2.45) is 0 Å². The van der Waals surface area contributed by atoms with Gasteiger partial charge in [-0.05, 0) is 77.4 Å². The van der Waals surface area contributed by atoms with Gasteiger partial charge in [0.25, 0.3) is 0 Å². The molecule has 2 aliphatic heterocycles. The molecule has 1 amide bonds. The minimum Gasteiger partial charge on any atom is -0.444 e. The summed E-state index contributed by atoms with van der Waals surface area (Å²) in [4.78, 5) is 36.4. The molecular formula is C32H43N9O3S. The lowest BCUT2D eigenvalue weighted by Gasteiger charge is -2.40. The fourth-order valence-electron chi connectivity index (χ4n) is 6.74. The first-order valence-electron chi connectivity index (χ1n) is 15.7. The van der Waals surface area contributed by atoms with Crippen LogP contribution in [0.15, 0.2) is 16.7 Å². The van der Waals surface area contributed by atoms with Gasteiger partial charge in [-0.3, -0.25) is 0 Å². The van der Waals surface area contributed by atoms with Crippen LogP contribution in [0.5, 0.6) is 0 Å². The molecule has 2 fully saturated rings. The molecular weight excluding hydrogens is 590 g/mol. The van der Waals surface area contributed by atoms with Crippen molar-refractivity contribution in [1.82, 2.24) is 24.9 Å². The molecule has 2 saturated heterocycles. The number of nitrogens with two attached hydrogens (primary N) is 1. The number of amides is 1. The largest absolute Gasteiger partial charge is 0.444 e. The van der Waals surface area contributed by atoms with Crippen LogP contribution in [0.2, 0.25) is 0 Å². The van der Waals surface area contributed by atoms with Crippen LogP contribution in [0.25, 0.3) is 16.4 Å². The monoisotopic (exact) mass is 633 g/mol. The van der Waals surface area contributed by atoms with E-state index in [1.807, 2.05) is 26.8 Å². The average molecular weight is 634 g/mol. The first kappa shape index (κ1) is 31.1. The Morgan fingerprint density at radius 1 is 1.18 bits per heavy atom. The van der Waals surface area contributed by atoms with Crippen molar-refractivity contribution in [1.29, 1.82) is 0 Å². The molecule has 6 rings (SSSR count). The summed E-state index contributed by atoms with van der Waals surface area (Å²) in [5, 5.41) is 5.00. The van der Waals surface area contributed by atoms with Crippen LogP contribution in [0.1, 0.15) is 63.8 Å². The van der Waals surface area contributed by atoms with E-state index < -0.39 is 11.0 Å². The van der Waals surface area contributed by atoms with Crippen LogP contribution in [0, 0.1) is 6.57 Å². The first-order valence-corrected chi connectivity index (χ1v) is 16.5. The van der Waals surface area contributed by atoms with E-state index >= 15 is 0 Å². The van der Waals surface area contributed by atoms with Crippen molar-refractivity contribution >= 4 is 39.6 Å². The lowest BCUT2D eigenvalue weighted by atomic mass is 9.73. The zero-order chi connectivity index (χ0) is 32.1. The normalized spacial score (nSPS) is 22.7. The molecule has 0 aromatic carbocycles. The molecule has 0 bridgehead atoms. The number of rotatable bonds is 4. The Labute approximate surface area is 268 Å². The van der Waals surface area contributed by atoms with Crippen LogP contribution in [-0.2, 0) is 16.6 Å². The van der Waals surface area contributed by atoms with Crippen LogP contribution < -0.4 is 15.5 Å². The SMILES string of the molecule is [C-]#[N+]c1c(N)sc2c1C(C)(c1nc(-c3cc(N4CCN(C(=O)OC(C)(C)C)CC4)cc(N4CCN(C)C[C@@H]4C)n3)no1)CCC2. The number of ether oxygens (including phenoxy) is 1. The highest BCUT2D eigenvalue weighted by molar-refractivity contribution is 7.16. The summed E-state index contributed by atoms with van der Waals surface area (Å²) in [5.74, 6) is 1.77. The molecule has 13 heteroatoms. The van der Waals surface area contributed by atoms with E-state index in [1.165, 1.54) is 11.3 Å². The highest BCUT2D eigenvalue weighted by atomic mass is 32.1. The zero-order valence-corrected chi connectivity index (χ0v) is 27.9. The number of fused-ring (bicyclic) bond motifs is 1. The van der Waals surface area contributed by atoms with Crippen molar-refractivity contribution in [2.45, 2.75) is 70.9 Å². The number of nitrogen functional groups attached to an aromatic ring is 1. The second kappa shape index (κ2) is 11.8. The standard InChI is InChI=1S/C32H43N9O3S/c1-20-19-38(7)11-16-41(20)24-18-21(39-12-14-40(15-13-39)30(42)43-31(2,3)4)17-22(35-24)28-36-29(44-37-28)32(5)10-8-9-23-25(32)26(34-6)27(33)45-23/h17-18,20H,8-16,19,33H2,1-5,7H3/t20-,32?/m0/s1. The van der Waals surface area contributed by atoms with E-state index in [-0.39, 0.29) is 12.1 Å². The molecule has 3 aliphatic rings. The number of hydrogen-bond donors (Lipinski definition) is 1. The summed E-state index contributed by atoms with van der Waals surface area (Å²) in [5.41, 5.74) is 8.20. The summed E-state index contributed by atoms with van der Waals surface area (Å²) < 4.78 is 11.6. The number of thiophene rings is 1. The molecule has 3 aromatic heterocycles. The van der Waals surface area contributed by atoms with Gasteiger partial charge < -0.3 is 34.6 Å². The van der Waals surface area contributed by atoms with E-state index in [2.05, 4.69) is 51.7 Å². The highest BCUT2D eigenvalue weighted by Crippen LogP contribution is 2.52. The number of aromatic nitrogens is 3. The van der Waals surface area contributed by atoms with Crippen LogP contribution in [-0.4, -0.2) is 95.5 Å². The highest BCUT2D eigenvalue weighted by Gasteiger charge is 2.43. The molecule has 12 nitrogen and oxygen atoms in total. The Balaban J connectivity index is 1.33. The van der Waals surface area contributed by atoms with Gasteiger partial charge >= 0.3 is 6.09 Å². The third-order valence-electron chi connectivity index (χ3n) is 9.07. The minimum atomic E-state index is -0.600. The number of carbonyl (C=O) groups is 1. The van der Waals surface area contributed by atoms with Crippen LogP contribution in [0.3, 0.4) is 0 Å². The molecule has 0 spiro atoms. The van der Waals surface area contributed by atoms with Crippen molar-refractivity contribution in [3.05, 3.63) is 39.9 Å². The second-order valence-corrected chi connectivity index (χ2v) is 14.8. The molecule has 5 heterocycles. The van der Waals surface area contributed by atoms with Gasteiger partial charge in [0.2, 0.25) is 17.4 Å². The van der Waals surface area contributed by atoms with Crippen molar-refractivity contribution in [3.8, 4) is 11.5 Å². The Kier molecular flexibility index (Phi) is 8.16. The number of anilines is 3. The third-order valence-corrected chi connectivity index (χ3v) is 10.1. The number of nitrogens with zero attached hydrogens (tertiary/aromatic N) is 8. The molecule has 2 N–H and O–H groups in total. The molecule has 2 atom stereocenters. The molecule has 1 aliphatic carbocycles. The van der Waals surface area contributed by atoms with Gasteiger partial charge in [-0.1, -0.05) is 5.16 Å². The number of pyridine rings is 1. The number of hydrogen-bond acceptors (Lipinski definition) is 11. The van der Waals surface area contributed by atoms with E-state index in [0.29, 0.717) is 54.3 Å². The summed E-state index contributed by atoms with van der Waals surface area (Å²) >= 11 is 1.50. The first-order chi connectivity index (χ1) is 21.4. The lowest BCUT2D eigenvalue weighted by molar-refractivity contribution is 0.0240. The number of likely N-dealkylation sites (N-methyl/N-ethyl adjacent to an activating group) is 1. The maximum atomic E-state index is 12.7. The molecule has 45 heavy (non-hydrogen) atoms. The quantitative estimate of drug-likeness (QED) is 0.386. The second-order valence-electron chi connectivity index (χ2n) is 13.7. The fraction of sp³-hybridized carbons (Fsp3) is 0.594. The van der Waals surface area contributed by atoms with Crippen molar-refractivity contribution in [2.75, 3.05) is 68.4 Å². The van der Waals surface area contributed by atoms with E-state index in [0.717, 1.165) is 60.8 Å². The minimum absolute atomic E-state index is 0.278. The van der Waals surface area contributed by atoms with Crippen molar-refractivity contribution in [3.63, 3.8) is 0 Å². The van der Waals surface area contributed by atoms with E-state index in [9.17, 15) is 4.79 Å². The Morgan fingerprint density at radius 2 is 1.93 bits per heavy atom. The maximum Gasteiger partial charge on any atom is 0.410 e. The summed E-state index contributed by atoms with van der Waals surface area (Å²) in [6.45, 7) is 23.0.